The van der Waals surface area contributed by atoms with Crippen molar-refractivity contribution in [2.45, 2.75) is 20.4 Å². The zero-order valence-corrected chi connectivity index (χ0v) is 13.2. The van der Waals surface area contributed by atoms with Crippen LogP contribution in [-0.2, 0) is 11.3 Å². The summed E-state index contributed by atoms with van der Waals surface area (Å²) >= 11 is 1.71. The van der Waals surface area contributed by atoms with E-state index in [1.54, 1.807) is 30.4 Å². The van der Waals surface area contributed by atoms with E-state index in [-0.39, 0.29) is 5.97 Å². The topological polar surface area (TPSA) is 55.6 Å². The Labute approximate surface area is 129 Å². The lowest BCUT2D eigenvalue weighted by atomic mass is 10.1. The Hall–Kier alpha value is -2.01. The number of nitrogen functional groups attached to an aromatic ring is 1. The SMILES string of the molecule is CCOC(=O)c1ccc(N)c(N(CC)Cc2cccs2)c1. The molecule has 0 atom stereocenters. The molecule has 21 heavy (non-hydrogen) atoms. The average Bonchev–Trinajstić information content (AvgIpc) is 2.99. The molecule has 1 heterocycles. The standard InChI is InChI=1S/C16H20N2O2S/c1-3-18(11-13-6-5-9-21-13)15-10-12(7-8-14(15)17)16(19)20-4-2/h5-10H,3-4,11,17H2,1-2H3. The second-order valence-corrected chi connectivity index (χ2v) is 5.62. The van der Waals surface area contributed by atoms with E-state index in [0.29, 0.717) is 17.9 Å². The Balaban J connectivity index is 2.27. The van der Waals surface area contributed by atoms with Crippen molar-refractivity contribution in [1.29, 1.82) is 0 Å². The minimum absolute atomic E-state index is 0.314. The third-order valence-corrected chi connectivity index (χ3v) is 4.05. The van der Waals surface area contributed by atoms with E-state index in [9.17, 15) is 4.79 Å². The molecule has 5 heteroatoms. The molecule has 0 fully saturated rings. The molecule has 0 bridgehead atoms. The van der Waals surface area contributed by atoms with Crippen LogP contribution in [0.4, 0.5) is 11.4 Å². The van der Waals surface area contributed by atoms with Gasteiger partial charge in [0.1, 0.15) is 0 Å². The summed E-state index contributed by atoms with van der Waals surface area (Å²) < 4.78 is 5.05. The van der Waals surface area contributed by atoms with Crippen molar-refractivity contribution in [3.63, 3.8) is 0 Å². The van der Waals surface area contributed by atoms with E-state index in [4.69, 9.17) is 10.5 Å². The van der Waals surface area contributed by atoms with E-state index in [0.717, 1.165) is 18.8 Å². The maximum atomic E-state index is 11.9. The first kappa shape index (κ1) is 15.4. The van der Waals surface area contributed by atoms with Crippen LogP contribution >= 0.6 is 11.3 Å². The van der Waals surface area contributed by atoms with Crippen LogP contribution in [0, 0.1) is 0 Å². The van der Waals surface area contributed by atoms with Crippen LogP contribution in [0.15, 0.2) is 35.7 Å². The van der Waals surface area contributed by atoms with Gasteiger partial charge in [0.15, 0.2) is 0 Å². The largest absolute Gasteiger partial charge is 0.462 e. The highest BCUT2D eigenvalue weighted by Crippen LogP contribution is 2.27. The molecule has 0 aliphatic carbocycles. The number of ether oxygens (including phenoxy) is 1. The van der Waals surface area contributed by atoms with Crippen LogP contribution in [0.3, 0.4) is 0 Å². The second kappa shape index (κ2) is 7.13. The monoisotopic (exact) mass is 304 g/mol. The van der Waals surface area contributed by atoms with Gasteiger partial charge in [-0.15, -0.1) is 11.3 Å². The average molecular weight is 304 g/mol. The number of hydrogen-bond acceptors (Lipinski definition) is 5. The molecule has 0 unspecified atom stereocenters. The molecule has 2 N–H and O–H groups in total. The van der Waals surface area contributed by atoms with Crippen molar-refractivity contribution in [2.24, 2.45) is 0 Å². The molecule has 0 spiro atoms. The van der Waals surface area contributed by atoms with Crippen LogP contribution in [0.25, 0.3) is 0 Å². The first-order chi connectivity index (χ1) is 10.2. The fourth-order valence-corrected chi connectivity index (χ4v) is 2.84. The van der Waals surface area contributed by atoms with Crippen LogP contribution in [0.1, 0.15) is 29.1 Å². The third kappa shape index (κ3) is 3.76. The zero-order valence-electron chi connectivity index (χ0n) is 12.3. The normalized spacial score (nSPS) is 10.4. The van der Waals surface area contributed by atoms with Gasteiger partial charge in [0.25, 0.3) is 0 Å². The molecule has 2 rings (SSSR count). The fraction of sp³-hybridized carbons (Fsp3) is 0.312. The number of nitrogens with two attached hydrogens (primary N) is 1. The summed E-state index contributed by atoms with van der Waals surface area (Å²) in [7, 11) is 0. The summed E-state index contributed by atoms with van der Waals surface area (Å²) in [6.45, 7) is 5.83. The highest BCUT2D eigenvalue weighted by atomic mass is 32.1. The lowest BCUT2D eigenvalue weighted by Gasteiger charge is -2.24. The van der Waals surface area contributed by atoms with Gasteiger partial charge in [-0.3, -0.25) is 0 Å². The quantitative estimate of drug-likeness (QED) is 0.655. The van der Waals surface area contributed by atoms with Crippen molar-refractivity contribution in [2.75, 3.05) is 23.8 Å². The number of thiophene rings is 1. The number of carbonyl (C=O) groups excluding carboxylic acids is 1. The second-order valence-electron chi connectivity index (χ2n) is 4.59. The Morgan fingerprint density at radius 3 is 2.76 bits per heavy atom. The predicted octanol–water partition coefficient (Wildman–Crippen LogP) is 3.53. The van der Waals surface area contributed by atoms with Gasteiger partial charge in [0.05, 0.1) is 30.1 Å². The van der Waals surface area contributed by atoms with Crippen LogP contribution in [0.5, 0.6) is 0 Å². The van der Waals surface area contributed by atoms with Gasteiger partial charge < -0.3 is 15.4 Å². The molecular formula is C16H20N2O2S. The predicted molar refractivity (Wildman–Crippen MR) is 87.9 cm³/mol. The molecule has 1 aromatic carbocycles. The first-order valence-electron chi connectivity index (χ1n) is 6.99. The minimum Gasteiger partial charge on any atom is -0.462 e. The summed E-state index contributed by atoms with van der Waals surface area (Å²) in [5, 5.41) is 2.06. The molecular weight excluding hydrogens is 284 g/mol. The lowest BCUT2D eigenvalue weighted by molar-refractivity contribution is 0.0526. The molecule has 4 nitrogen and oxygen atoms in total. The van der Waals surface area contributed by atoms with Crippen molar-refractivity contribution in [1.82, 2.24) is 0 Å². The molecule has 0 amide bonds. The van der Waals surface area contributed by atoms with Crippen molar-refractivity contribution in [3.8, 4) is 0 Å². The van der Waals surface area contributed by atoms with E-state index in [2.05, 4.69) is 23.3 Å². The minimum atomic E-state index is -0.314. The van der Waals surface area contributed by atoms with Crippen LogP contribution in [0.2, 0.25) is 0 Å². The molecule has 0 aliphatic heterocycles. The number of benzene rings is 1. The highest BCUT2D eigenvalue weighted by Gasteiger charge is 2.14. The molecule has 2 aromatic rings. The summed E-state index contributed by atoms with van der Waals surface area (Å²) in [4.78, 5) is 15.3. The van der Waals surface area contributed by atoms with Crippen molar-refractivity contribution >= 4 is 28.7 Å². The Kier molecular flexibility index (Phi) is 5.22. The number of rotatable bonds is 6. The smallest absolute Gasteiger partial charge is 0.338 e. The number of carbonyl (C=O) groups is 1. The van der Waals surface area contributed by atoms with Gasteiger partial charge in [-0.25, -0.2) is 4.79 Å². The lowest BCUT2D eigenvalue weighted by Crippen LogP contribution is -2.23. The molecule has 0 radical (unpaired) electrons. The summed E-state index contributed by atoms with van der Waals surface area (Å²) in [5.74, 6) is -0.314. The van der Waals surface area contributed by atoms with Gasteiger partial charge in [-0.1, -0.05) is 6.07 Å². The van der Waals surface area contributed by atoms with Crippen LogP contribution < -0.4 is 10.6 Å². The zero-order chi connectivity index (χ0) is 15.2. The van der Waals surface area contributed by atoms with Crippen LogP contribution in [-0.4, -0.2) is 19.1 Å². The maximum absolute atomic E-state index is 11.9. The molecule has 112 valence electrons. The van der Waals surface area contributed by atoms with Crippen molar-refractivity contribution < 1.29 is 9.53 Å². The number of esters is 1. The summed E-state index contributed by atoms with van der Waals surface area (Å²) in [5.41, 5.74) is 8.15. The van der Waals surface area contributed by atoms with Gasteiger partial charge in [-0.05, 0) is 43.5 Å². The molecule has 0 saturated heterocycles. The van der Waals surface area contributed by atoms with E-state index in [1.807, 2.05) is 12.1 Å². The maximum Gasteiger partial charge on any atom is 0.338 e. The first-order valence-corrected chi connectivity index (χ1v) is 7.87. The number of anilines is 2. The third-order valence-electron chi connectivity index (χ3n) is 3.19. The van der Waals surface area contributed by atoms with E-state index < -0.39 is 0 Å². The van der Waals surface area contributed by atoms with Gasteiger partial charge >= 0.3 is 5.97 Å². The van der Waals surface area contributed by atoms with E-state index in [1.165, 1.54) is 4.88 Å². The Bertz CT molecular complexity index is 596. The Morgan fingerprint density at radius 2 is 2.14 bits per heavy atom. The highest BCUT2D eigenvalue weighted by molar-refractivity contribution is 7.09. The van der Waals surface area contributed by atoms with Gasteiger partial charge in [0, 0.05) is 11.4 Å². The summed E-state index contributed by atoms with van der Waals surface area (Å²) in [6.07, 6.45) is 0. The number of nitrogens with zero attached hydrogens (tertiary/aromatic N) is 1. The molecule has 1 aromatic heterocycles. The van der Waals surface area contributed by atoms with Gasteiger partial charge in [0.2, 0.25) is 0 Å². The molecule has 0 saturated carbocycles. The fourth-order valence-electron chi connectivity index (χ4n) is 2.12. The Morgan fingerprint density at radius 1 is 1.33 bits per heavy atom. The number of hydrogen-bond donors (Lipinski definition) is 1. The summed E-state index contributed by atoms with van der Waals surface area (Å²) in [6, 6.07) is 9.41. The molecule has 0 aliphatic rings. The van der Waals surface area contributed by atoms with E-state index >= 15 is 0 Å². The van der Waals surface area contributed by atoms with Crippen molar-refractivity contribution in [3.05, 3.63) is 46.2 Å². The van der Waals surface area contributed by atoms with Gasteiger partial charge in [-0.2, -0.15) is 0 Å².